The first-order valence-electron chi connectivity index (χ1n) is 7.05. The molecule has 0 aromatic heterocycles. The molecule has 2 N–H and O–H groups in total. The third-order valence-corrected chi connectivity index (χ3v) is 4.72. The van der Waals surface area contributed by atoms with Gasteiger partial charge in [0.05, 0.1) is 11.5 Å². The van der Waals surface area contributed by atoms with E-state index in [9.17, 15) is 18.0 Å². The summed E-state index contributed by atoms with van der Waals surface area (Å²) < 4.78 is 40.4. The van der Waals surface area contributed by atoms with E-state index in [4.69, 9.17) is 5.73 Å². The van der Waals surface area contributed by atoms with Gasteiger partial charge in [-0.2, -0.15) is 0 Å². The molecule has 6 heteroatoms. The Bertz CT molecular complexity index is 578. The highest BCUT2D eigenvalue weighted by Gasteiger charge is 2.56. The van der Waals surface area contributed by atoms with Crippen LogP contribution in [0.4, 0.5) is 18.9 Å². The molecule has 1 aromatic carbocycles. The maximum absolute atomic E-state index is 13.5. The summed E-state index contributed by atoms with van der Waals surface area (Å²) in [5.41, 5.74) is 5.22. The minimum Gasteiger partial charge on any atom is -0.323 e. The van der Waals surface area contributed by atoms with E-state index in [1.165, 1.54) is 23.1 Å². The van der Waals surface area contributed by atoms with Gasteiger partial charge in [0.15, 0.2) is 0 Å². The monoisotopic (exact) mass is 298 g/mol. The van der Waals surface area contributed by atoms with Crippen LogP contribution in [0, 0.1) is 11.2 Å². The van der Waals surface area contributed by atoms with Gasteiger partial charge in [0, 0.05) is 18.7 Å². The molecule has 1 saturated heterocycles. The Labute approximate surface area is 120 Å². The van der Waals surface area contributed by atoms with Crippen molar-refractivity contribution in [3.8, 4) is 0 Å². The predicted molar refractivity (Wildman–Crippen MR) is 72.6 cm³/mol. The number of hydrogen-bond acceptors (Lipinski definition) is 2. The summed E-state index contributed by atoms with van der Waals surface area (Å²) in [5.74, 6) is -3.54. The highest BCUT2D eigenvalue weighted by molar-refractivity contribution is 6.00. The summed E-state index contributed by atoms with van der Waals surface area (Å²) in [6.45, 7) is 0.417. The van der Waals surface area contributed by atoms with Gasteiger partial charge in [-0.25, -0.2) is 13.2 Å². The molecule has 2 fully saturated rings. The summed E-state index contributed by atoms with van der Waals surface area (Å²) in [4.78, 5) is 14.1. The second-order valence-corrected chi connectivity index (χ2v) is 6.04. The number of nitrogens with zero attached hydrogens (tertiary/aromatic N) is 1. The minimum absolute atomic E-state index is 0.00928. The largest absolute Gasteiger partial charge is 0.323 e. The van der Waals surface area contributed by atoms with E-state index in [0.29, 0.717) is 18.7 Å². The smallest absolute Gasteiger partial charge is 0.262 e. The number of amides is 1. The van der Waals surface area contributed by atoms with E-state index in [0.717, 1.165) is 0 Å². The second-order valence-electron chi connectivity index (χ2n) is 6.04. The summed E-state index contributed by atoms with van der Waals surface area (Å²) in [6.07, 6.45) is 0.256. The van der Waals surface area contributed by atoms with Crippen molar-refractivity contribution in [2.24, 2.45) is 11.1 Å². The summed E-state index contributed by atoms with van der Waals surface area (Å²) in [6, 6.07) is 4.48. The first-order valence-corrected chi connectivity index (χ1v) is 7.05. The summed E-state index contributed by atoms with van der Waals surface area (Å²) >= 11 is 0. The maximum atomic E-state index is 13.5. The van der Waals surface area contributed by atoms with Crippen LogP contribution < -0.4 is 10.6 Å². The van der Waals surface area contributed by atoms with Crippen LogP contribution in [0.25, 0.3) is 0 Å². The van der Waals surface area contributed by atoms with Crippen LogP contribution in [0.5, 0.6) is 0 Å². The molecular weight excluding hydrogens is 281 g/mol. The van der Waals surface area contributed by atoms with Gasteiger partial charge >= 0.3 is 0 Å². The molecule has 2 unspecified atom stereocenters. The third kappa shape index (κ3) is 2.31. The molecule has 21 heavy (non-hydrogen) atoms. The van der Waals surface area contributed by atoms with E-state index in [-0.39, 0.29) is 25.2 Å². The molecule has 1 saturated carbocycles. The molecule has 3 rings (SSSR count). The lowest BCUT2D eigenvalue weighted by Gasteiger charge is -2.39. The fraction of sp³-hybridized carbons (Fsp3) is 0.533. The van der Waals surface area contributed by atoms with Crippen molar-refractivity contribution in [1.82, 2.24) is 0 Å². The Hall–Kier alpha value is -1.56. The van der Waals surface area contributed by atoms with Crippen LogP contribution in [0.15, 0.2) is 24.3 Å². The van der Waals surface area contributed by atoms with E-state index in [1.54, 1.807) is 6.07 Å². The van der Waals surface area contributed by atoms with E-state index in [1.807, 2.05) is 0 Å². The highest BCUT2D eigenvalue weighted by atomic mass is 19.3. The normalized spacial score (nSPS) is 31.9. The molecule has 1 heterocycles. The van der Waals surface area contributed by atoms with Gasteiger partial charge < -0.3 is 10.6 Å². The minimum atomic E-state index is -2.90. The van der Waals surface area contributed by atoms with Gasteiger partial charge in [-0.3, -0.25) is 4.79 Å². The number of carbonyl (C=O) groups excluding carboxylic acids is 1. The van der Waals surface area contributed by atoms with E-state index in [2.05, 4.69) is 0 Å². The number of rotatable bonds is 1. The van der Waals surface area contributed by atoms with Crippen molar-refractivity contribution in [2.75, 3.05) is 11.4 Å². The van der Waals surface area contributed by atoms with Crippen LogP contribution in [-0.4, -0.2) is 24.4 Å². The fourth-order valence-corrected chi connectivity index (χ4v) is 3.40. The van der Waals surface area contributed by atoms with Crippen molar-refractivity contribution in [3.63, 3.8) is 0 Å². The lowest BCUT2D eigenvalue weighted by Crippen LogP contribution is -2.52. The van der Waals surface area contributed by atoms with Gasteiger partial charge in [0.1, 0.15) is 5.82 Å². The lowest BCUT2D eigenvalue weighted by molar-refractivity contribution is -0.135. The average Bonchev–Trinajstić information content (AvgIpc) is 2.73. The Balaban J connectivity index is 1.84. The molecule has 1 aliphatic heterocycles. The van der Waals surface area contributed by atoms with Crippen LogP contribution in [0.1, 0.15) is 25.7 Å². The second kappa shape index (κ2) is 4.73. The van der Waals surface area contributed by atoms with Crippen molar-refractivity contribution in [3.05, 3.63) is 30.1 Å². The lowest BCUT2D eigenvalue weighted by atomic mass is 9.70. The Morgan fingerprint density at radius 1 is 1.24 bits per heavy atom. The molecular formula is C15H17F3N2O. The SMILES string of the molecule is NC1CC2(CCN(c3cccc(F)c3)C2=O)CCC1(F)F. The standard InChI is InChI=1S/C15H17F3N2O/c16-10-2-1-3-11(8-10)20-7-6-14(13(20)21)4-5-15(17,18)12(19)9-14/h1-3,8,12H,4-7,9,19H2. The van der Waals surface area contributed by atoms with Crippen LogP contribution >= 0.6 is 0 Å². The van der Waals surface area contributed by atoms with Gasteiger partial charge in [-0.05, 0) is 37.5 Å². The van der Waals surface area contributed by atoms with Crippen LogP contribution in [0.3, 0.4) is 0 Å². The maximum Gasteiger partial charge on any atom is 0.262 e. The third-order valence-electron chi connectivity index (χ3n) is 4.72. The first kappa shape index (κ1) is 14.4. The summed E-state index contributed by atoms with van der Waals surface area (Å²) in [5, 5.41) is 0. The first-order chi connectivity index (χ1) is 9.84. The average molecular weight is 298 g/mol. The topological polar surface area (TPSA) is 46.3 Å². The van der Waals surface area contributed by atoms with Gasteiger partial charge in [-0.1, -0.05) is 6.07 Å². The Morgan fingerprint density at radius 2 is 2.00 bits per heavy atom. The number of benzene rings is 1. The molecule has 2 atom stereocenters. The predicted octanol–water partition coefficient (Wildman–Crippen LogP) is 2.70. The summed E-state index contributed by atoms with van der Waals surface area (Å²) in [7, 11) is 0. The quantitative estimate of drug-likeness (QED) is 0.866. The van der Waals surface area contributed by atoms with Crippen LogP contribution in [-0.2, 0) is 4.79 Å². The molecule has 2 aliphatic rings. The van der Waals surface area contributed by atoms with Gasteiger partial charge in [0.2, 0.25) is 5.91 Å². The number of alkyl halides is 2. The Morgan fingerprint density at radius 3 is 2.67 bits per heavy atom. The molecule has 0 radical (unpaired) electrons. The zero-order valence-electron chi connectivity index (χ0n) is 11.5. The number of carbonyl (C=O) groups is 1. The van der Waals surface area contributed by atoms with Crippen molar-refractivity contribution in [2.45, 2.75) is 37.6 Å². The van der Waals surface area contributed by atoms with Crippen molar-refractivity contribution in [1.29, 1.82) is 0 Å². The molecule has 114 valence electrons. The fourth-order valence-electron chi connectivity index (χ4n) is 3.40. The van der Waals surface area contributed by atoms with E-state index >= 15 is 0 Å². The highest BCUT2D eigenvalue weighted by Crippen LogP contribution is 2.49. The number of halogens is 3. The zero-order chi connectivity index (χ0) is 15.3. The number of hydrogen-bond donors (Lipinski definition) is 1. The number of nitrogens with two attached hydrogens (primary N) is 1. The van der Waals surface area contributed by atoms with Gasteiger partial charge in [-0.15, -0.1) is 0 Å². The van der Waals surface area contributed by atoms with Gasteiger partial charge in [0.25, 0.3) is 5.92 Å². The molecule has 1 spiro atoms. The van der Waals surface area contributed by atoms with E-state index < -0.39 is 23.2 Å². The molecule has 3 nitrogen and oxygen atoms in total. The molecule has 1 aromatic rings. The Kier molecular flexibility index (Phi) is 3.24. The van der Waals surface area contributed by atoms with Crippen LogP contribution in [0.2, 0.25) is 0 Å². The van der Waals surface area contributed by atoms with Crippen molar-refractivity contribution >= 4 is 11.6 Å². The molecule has 0 bridgehead atoms. The molecule has 1 amide bonds. The number of anilines is 1. The molecule has 1 aliphatic carbocycles. The zero-order valence-corrected chi connectivity index (χ0v) is 11.5. The van der Waals surface area contributed by atoms with Crippen molar-refractivity contribution < 1.29 is 18.0 Å².